The van der Waals surface area contributed by atoms with Crippen molar-refractivity contribution in [3.8, 4) is 0 Å². The van der Waals surface area contributed by atoms with Crippen LogP contribution in [0.15, 0.2) is 41.3 Å². The molecule has 0 saturated heterocycles. The lowest BCUT2D eigenvalue weighted by atomic mass is 10.1. The SMILES string of the molecule is CC(Nc1nccc(CC(=O)O)n1)c1cc2cc(Cl)ccc2[nH]c1=O. The maximum absolute atomic E-state index is 12.3. The summed E-state index contributed by atoms with van der Waals surface area (Å²) in [6.07, 6.45) is 1.28. The zero-order valence-corrected chi connectivity index (χ0v) is 14.0. The normalized spacial score (nSPS) is 12.1. The number of hydrogen-bond acceptors (Lipinski definition) is 5. The number of halogens is 1. The predicted octanol–water partition coefficient (Wildman–Crippen LogP) is 2.77. The van der Waals surface area contributed by atoms with Crippen molar-refractivity contribution in [2.45, 2.75) is 19.4 Å². The minimum atomic E-state index is -0.972. The Morgan fingerprint density at radius 1 is 1.36 bits per heavy atom. The minimum absolute atomic E-state index is 0.194. The average molecular weight is 359 g/mol. The van der Waals surface area contributed by atoms with Gasteiger partial charge in [0.05, 0.1) is 18.2 Å². The molecule has 0 aliphatic carbocycles. The minimum Gasteiger partial charge on any atom is -0.481 e. The van der Waals surface area contributed by atoms with Crippen molar-refractivity contribution >= 4 is 34.4 Å². The topological polar surface area (TPSA) is 108 Å². The van der Waals surface area contributed by atoms with Crippen LogP contribution in [0.4, 0.5) is 5.95 Å². The molecule has 25 heavy (non-hydrogen) atoms. The van der Waals surface area contributed by atoms with E-state index < -0.39 is 5.97 Å². The fraction of sp³-hybridized carbons (Fsp3) is 0.176. The maximum Gasteiger partial charge on any atom is 0.309 e. The zero-order chi connectivity index (χ0) is 18.0. The van der Waals surface area contributed by atoms with E-state index in [1.165, 1.54) is 12.3 Å². The van der Waals surface area contributed by atoms with E-state index in [-0.39, 0.29) is 24.0 Å². The number of nitrogens with zero attached hydrogens (tertiary/aromatic N) is 2. The highest BCUT2D eigenvalue weighted by Gasteiger charge is 2.13. The molecule has 1 aromatic carbocycles. The molecule has 3 rings (SSSR count). The van der Waals surface area contributed by atoms with Crippen molar-refractivity contribution in [2.24, 2.45) is 0 Å². The van der Waals surface area contributed by atoms with Gasteiger partial charge in [0.25, 0.3) is 5.56 Å². The molecule has 128 valence electrons. The highest BCUT2D eigenvalue weighted by Crippen LogP contribution is 2.21. The third-order valence-corrected chi connectivity index (χ3v) is 3.93. The molecule has 8 heteroatoms. The number of fused-ring (bicyclic) bond motifs is 1. The Morgan fingerprint density at radius 2 is 2.16 bits per heavy atom. The molecular formula is C17H15ClN4O3. The maximum atomic E-state index is 12.3. The molecule has 1 unspecified atom stereocenters. The van der Waals surface area contributed by atoms with Gasteiger partial charge in [0.2, 0.25) is 5.95 Å². The van der Waals surface area contributed by atoms with Gasteiger partial charge >= 0.3 is 5.97 Å². The highest BCUT2D eigenvalue weighted by molar-refractivity contribution is 6.31. The lowest BCUT2D eigenvalue weighted by molar-refractivity contribution is -0.136. The first kappa shape index (κ1) is 16.9. The molecule has 0 aliphatic rings. The first-order valence-electron chi connectivity index (χ1n) is 7.55. The molecule has 1 atom stereocenters. The Bertz CT molecular complexity index is 1000. The van der Waals surface area contributed by atoms with E-state index in [1.54, 1.807) is 31.2 Å². The van der Waals surface area contributed by atoms with Crippen molar-refractivity contribution < 1.29 is 9.90 Å². The van der Waals surface area contributed by atoms with Crippen LogP contribution >= 0.6 is 11.6 Å². The summed E-state index contributed by atoms with van der Waals surface area (Å²) in [4.78, 5) is 34.1. The second-order valence-corrected chi connectivity index (χ2v) is 6.03. The number of anilines is 1. The van der Waals surface area contributed by atoms with E-state index in [9.17, 15) is 9.59 Å². The van der Waals surface area contributed by atoms with Crippen molar-refractivity contribution in [3.05, 3.63) is 63.2 Å². The molecule has 0 fully saturated rings. The van der Waals surface area contributed by atoms with Gasteiger partial charge in [0.15, 0.2) is 0 Å². The molecule has 7 nitrogen and oxygen atoms in total. The highest BCUT2D eigenvalue weighted by atomic mass is 35.5. The summed E-state index contributed by atoms with van der Waals surface area (Å²) in [5, 5.41) is 13.3. The first-order valence-corrected chi connectivity index (χ1v) is 7.93. The van der Waals surface area contributed by atoms with Crippen molar-refractivity contribution in [1.29, 1.82) is 0 Å². The Labute approximate surface area is 147 Å². The second-order valence-electron chi connectivity index (χ2n) is 5.59. The lowest BCUT2D eigenvalue weighted by Gasteiger charge is -2.14. The van der Waals surface area contributed by atoms with E-state index in [2.05, 4.69) is 20.3 Å². The van der Waals surface area contributed by atoms with E-state index in [4.69, 9.17) is 16.7 Å². The van der Waals surface area contributed by atoms with Crippen LogP contribution in [0.2, 0.25) is 5.02 Å². The monoisotopic (exact) mass is 358 g/mol. The molecular weight excluding hydrogens is 344 g/mol. The van der Waals surface area contributed by atoms with E-state index in [0.29, 0.717) is 21.8 Å². The number of nitrogens with one attached hydrogen (secondary N) is 2. The van der Waals surface area contributed by atoms with Gasteiger partial charge < -0.3 is 15.4 Å². The number of aliphatic carboxylic acids is 1. The van der Waals surface area contributed by atoms with Gasteiger partial charge in [0.1, 0.15) is 0 Å². The number of rotatable bonds is 5. The third kappa shape index (κ3) is 3.95. The van der Waals surface area contributed by atoms with Crippen LogP contribution < -0.4 is 10.9 Å². The number of pyridine rings is 1. The van der Waals surface area contributed by atoms with Crippen LogP contribution in [-0.2, 0) is 11.2 Å². The number of hydrogen-bond donors (Lipinski definition) is 3. The van der Waals surface area contributed by atoms with Crippen LogP contribution in [0, 0.1) is 0 Å². The Balaban J connectivity index is 1.89. The number of carboxylic acid groups (broad SMARTS) is 1. The second kappa shape index (κ2) is 6.90. The molecule has 3 N–H and O–H groups in total. The van der Waals surface area contributed by atoms with Crippen molar-refractivity contribution in [1.82, 2.24) is 15.0 Å². The largest absolute Gasteiger partial charge is 0.481 e. The van der Waals surface area contributed by atoms with Gasteiger partial charge in [-0.3, -0.25) is 9.59 Å². The lowest BCUT2D eigenvalue weighted by Crippen LogP contribution is -2.20. The molecule has 3 aromatic rings. The summed E-state index contributed by atoms with van der Waals surface area (Å²) in [5.41, 5.74) is 1.36. The van der Waals surface area contributed by atoms with Gasteiger partial charge in [-0.1, -0.05) is 11.6 Å². The number of aromatic nitrogens is 3. The molecule has 0 saturated carbocycles. The summed E-state index contributed by atoms with van der Waals surface area (Å²) in [7, 11) is 0. The van der Waals surface area contributed by atoms with Gasteiger partial charge in [-0.25, -0.2) is 9.97 Å². The predicted molar refractivity (Wildman–Crippen MR) is 95.0 cm³/mol. The summed E-state index contributed by atoms with van der Waals surface area (Å²) < 4.78 is 0. The molecule has 2 aromatic heterocycles. The fourth-order valence-electron chi connectivity index (χ4n) is 2.51. The van der Waals surface area contributed by atoms with Gasteiger partial charge in [0, 0.05) is 27.7 Å². The quantitative estimate of drug-likeness (QED) is 0.647. The fourth-order valence-corrected chi connectivity index (χ4v) is 2.69. The molecule has 2 heterocycles. The van der Waals surface area contributed by atoms with Crippen LogP contribution in [-0.4, -0.2) is 26.0 Å². The molecule has 0 bridgehead atoms. The summed E-state index contributed by atoms with van der Waals surface area (Å²) in [6.45, 7) is 1.80. The smallest absolute Gasteiger partial charge is 0.309 e. The number of aromatic amines is 1. The number of carboxylic acids is 1. The Morgan fingerprint density at radius 3 is 2.92 bits per heavy atom. The number of benzene rings is 1. The van der Waals surface area contributed by atoms with Crippen molar-refractivity contribution in [3.63, 3.8) is 0 Å². The molecule has 0 amide bonds. The molecule has 0 spiro atoms. The van der Waals surface area contributed by atoms with Crippen LogP contribution in [0.25, 0.3) is 10.9 Å². The van der Waals surface area contributed by atoms with Crippen molar-refractivity contribution in [2.75, 3.05) is 5.32 Å². The Hall–Kier alpha value is -2.93. The molecule has 0 aliphatic heterocycles. The summed E-state index contributed by atoms with van der Waals surface area (Å²) >= 11 is 6.00. The molecule has 0 radical (unpaired) electrons. The Kier molecular flexibility index (Phi) is 4.67. The third-order valence-electron chi connectivity index (χ3n) is 3.69. The standard InChI is InChI=1S/C17H15ClN4O3/c1-9(20-17-19-5-4-12(21-17)8-15(23)24)13-7-10-6-11(18)2-3-14(10)22-16(13)25/h2-7,9H,8H2,1H3,(H,22,25)(H,23,24)(H,19,20,21). The van der Waals surface area contributed by atoms with Crippen LogP contribution in [0.5, 0.6) is 0 Å². The van der Waals surface area contributed by atoms with Crippen LogP contribution in [0.3, 0.4) is 0 Å². The first-order chi connectivity index (χ1) is 11.9. The summed E-state index contributed by atoms with van der Waals surface area (Å²) in [6, 6.07) is 8.15. The van der Waals surface area contributed by atoms with E-state index in [1.807, 2.05) is 0 Å². The van der Waals surface area contributed by atoms with Crippen LogP contribution in [0.1, 0.15) is 24.2 Å². The summed E-state index contributed by atoms with van der Waals surface area (Å²) in [5.74, 6) is -0.711. The van der Waals surface area contributed by atoms with E-state index >= 15 is 0 Å². The average Bonchev–Trinajstić information content (AvgIpc) is 2.54. The zero-order valence-electron chi connectivity index (χ0n) is 13.3. The van der Waals surface area contributed by atoms with E-state index in [0.717, 1.165) is 5.39 Å². The van der Waals surface area contributed by atoms with Gasteiger partial charge in [-0.2, -0.15) is 0 Å². The number of H-pyrrole nitrogens is 1. The van der Waals surface area contributed by atoms with Gasteiger partial charge in [-0.05, 0) is 37.3 Å². The number of carbonyl (C=O) groups is 1. The van der Waals surface area contributed by atoms with Gasteiger partial charge in [-0.15, -0.1) is 0 Å².